The molecule has 0 unspecified atom stereocenters. The SMILES string of the molecule is OC[C@H]1O[C@@H](O)[C@@](O)(c2cccc3ccccc23)[C@@H](O)[C@H]1O. The smallest absolute Gasteiger partial charge is 0.191 e. The summed E-state index contributed by atoms with van der Waals surface area (Å²) in [5.74, 6) is 0. The lowest BCUT2D eigenvalue weighted by Gasteiger charge is -2.46. The van der Waals surface area contributed by atoms with E-state index in [0.29, 0.717) is 5.39 Å². The number of fused-ring (bicyclic) bond motifs is 1. The topological polar surface area (TPSA) is 110 Å². The van der Waals surface area contributed by atoms with Gasteiger partial charge in [-0.1, -0.05) is 42.5 Å². The molecular formula is C16H18O6. The Balaban J connectivity index is 2.15. The summed E-state index contributed by atoms with van der Waals surface area (Å²) in [6.45, 7) is -0.582. The minimum atomic E-state index is -2.20. The zero-order valence-electron chi connectivity index (χ0n) is 11.7. The Hall–Kier alpha value is -1.54. The van der Waals surface area contributed by atoms with E-state index in [-0.39, 0.29) is 5.56 Å². The standard InChI is InChI=1S/C16H18O6/c17-8-12-13(18)14(19)16(21,15(20)22-12)11-7-3-5-9-4-1-2-6-10(9)11/h1-7,12-15,17-21H,8H2/t12-,13+,14+,15-,16-/m1/s1. The van der Waals surface area contributed by atoms with E-state index < -0.39 is 36.8 Å². The fraction of sp³-hybridized carbons (Fsp3) is 0.375. The normalized spacial score (nSPS) is 35.7. The zero-order valence-corrected chi connectivity index (χ0v) is 11.7. The van der Waals surface area contributed by atoms with Crippen LogP contribution in [0.3, 0.4) is 0 Å². The average Bonchev–Trinajstić information content (AvgIpc) is 2.55. The van der Waals surface area contributed by atoms with Crippen LogP contribution in [0.4, 0.5) is 0 Å². The molecule has 2 aromatic carbocycles. The summed E-state index contributed by atoms with van der Waals surface area (Å²) < 4.78 is 5.08. The molecule has 0 spiro atoms. The van der Waals surface area contributed by atoms with Crippen molar-refractivity contribution in [1.82, 2.24) is 0 Å². The summed E-state index contributed by atoms with van der Waals surface area (Å²) in [6, 6.07) is 12.2. The molecule has 1 aliphatic rings. The largest absolute Gasteiger partial charge is 0.394 e. The predicted octanol–water partition coefficient (Wildman–Crippen LogP) is -0.541. The molecule has 6 nitrogen and oxygen atoms in total. The highest BCUT2D eigenvalue weighted by molar-refractivity contribution is 5.86. The van der Waals surface area contributed by atoms with E-state index in [9.17, 15) is 20.4 Å². The molecule has 1 aliphatic heterocycles. The van der Waals surface area contributed by atoms with E-state index in [1.54, 1.807) is 24.3 Å². The van der Waals surface area contributed by atoms with E-state index in [4.69, 9.17) is 9.84 Å². The van der Waals surface area contributed by atoms with Crippen LogP contribution in [0, 0.1) is 0 Å². The lowest BCUT2D eigenvalue weighted by molar-refractivity contribution is -0.334. The van der Waals surface area contributed by atoms with Crippen molar-refractivity contribution < 1.29 is 30.3 Å². The maximum atomic E-state index is 10.9. The fourth-order valence-corrected chi connectivity index (χ4v) is 2.98. The van der Waals surface area contributed by atoms with Crippen LogP contribution in [0.25, 0.3) is 10.8 Å². The second-order valence-electron chi connectivity index (χ2n) is 5.50. The molecule has 3 rings (SSSR count). The van der Waals surface area contributed by atoms with Crippen molar-refractivity contribution in [3.05, 3.63) is 48.0 Å². The lowest BCUT2D eigenvalue weighted by atomic mass is 9.79. The molecule has 1 heterocycles. The Morgan fingerprint density at radius 1 is 1.00 bits per heavy atom. The Bertz CT molecular complexity index is 669. The second-order valence-corrected chi connectivity index (χ2v) is 5.50. The van der Waals surface area contributed by atoms with Gasteiger partial charge in [0.05, 0.1) is 6.61 Å². The third-order valence-electron chi connectivity index (χ3n) is 4.24. The first-order chi connectivity index (χ1) is 10.5. The van der Waals surface area contributed by atoms with Gasteiger partial charge in [0.25, 0.3) is 0 Å². The molecule has 118 valence electrons. The Kier molecular flexibility index (Phi) is 3.90. The summed E-state index contributed by atoms with van der Waals surface area (Å²) in [5, 5.41) is 52.0. The van der Waals surface area contributed by atoms with Gasteiger partial charge in [-0.3, -0.25) is 0 Å². The van der Waals surface area contributed by atoms with Crippen LogP contribution in [0.2, 0.25) is 0 Å². The van der Waals surface area contributed by atoms with Crippen molar-refractivity contribution in [3.8, 4) is 0 Å². The maximum Gasteiger partial charge on any atom is 0.191 e. The summed E-state index contributed by atoms with van der Waals surface area (Å²) in [6.07, 6.45) is -6.19. The Morgan fingerprint density at radius 2 is 1.68 bits per heavy atom. The highest BCUT2D eigenvalue weighted by Crippen LogP contribution is 2.40. The van der Waals surface area contributed by atoms with Gasteiger partial charge in [-0.25, -0.2) is 0 Å². The summed E-state index contributed by atoms with van der Waals surface area (Å²) in [4.78, 5) is 0. The first kappa shape index (κ1) is 15.4. The van der Waals surface area contributed by atoms with E-state index in [2.05, 4.69) is 0 Å². The first-order valence-corrected chi connectivity index (χ1v) is 7.01. The van der Waals surface area contributed by atoms with Gasteiger partial charge in [0.1, 0.15) is 18.3 Å². The quantitative estimate of drug-likeness (QED) is 0.510. The summed E-state index contributed by atoms with van der Waals surface area (Å²) >= 11 is 0. The molecule has 0 radical (unpaired) electrons. The highest BCUT2D eigenvalue weighted by atomic mass is 16.6. The van der Waals surface area contributed by atoms with Gasteiger partial charge in [0.15, 0.2) is 11.9 Å². The molecule has 1 saturated heterocycles. The average molecular weight is 306 g/mol. The molecule has 0 aromatic heterocycles. The van der Waals surface area contributed by atoms with Gasteiger partial charge < -0.3 is 30.3 Å². The molecule has 6 heteroatoms. The van der Waals surface area contributed by atoms with Crippen molar-refractivity contribution in [3.63, 3.8) is 0 Å². The molecule has 5 atom stereocenters. The van der Waals surface area contributed by atoms with Crippen LogP contribution >= 0.6 is 0 Å². The van der Waals surface area contributed by atoms with E-state index in [1.165, 1.54) is 0 Å². The van der Waals surface area contributed by atoms with Gasteiger partial charge >= 0.3 is 0 Å². The lowest BCUT2D eigenvalue weighted by Crippen LogP contribution is -2.64. The minimum Gasteiger partial charge on any atom is -0.394 e. The van der Waals surface area contributed by atoms with Gasteiger partial charge in [0.2, 0.25) is 0 Å². The monoisotopic (exact) mass is 306 g/mol. The molecule has 0 amide bonds. The number of benzene rings is 2. The van der Waals surface area contributed by atoms with E-state index >= 15 is 0 Å². The van der Waals surface area contributed by atoms with E-state index in [0.717, 1.165) is 5.39 Å². The Morgan fingerprint density at radius 3 is 2.41 bits per heavy atom. The van der Waals surface area contributed by atoms with Gasteiger partial charge in [-0.2, -0.15) is 0 Å². The molecular weight excluding hydrogens is 288 g/mol. The maximum absolute atomic E-state index is 10.9. The minimum absolute atomic E-state index is 0.251. The molecule has 0 saturated carbocycles. The van der Waals surface area contributed by atoms with Gasteiger partial charge in [0, 0.05) is 0 Å². The number of hydrogen-bond acceptors (Lipinski definition) is 6. The third-order valence-corrected chi connectivity index (χ3v) is 4.24. The van der Waals surface area contributed by atoms with E-state index in [1.807, 2.05) is 18.2 Å². The van der Waals surface area contributed by atoms with Crippen LogP contribution < -0.4 is 0 Å². The number of aliphatic hydroxyl groups excluding tert-OH is 4. The number of hydrogen-bond donors (Lipinski definition) is 5. The molecule has 2 aromatic rings. The van der Waals surface area contributed by atoms with Crippen LogP contribution in [0.5, 0.6) is 0 Å². The molecule has 0 aliphatic carbocycles. The number of rotatable bonds is 2. The number of aliphatic hydroxyl groups is 5. The molecule has 22 heavy (non-hydrogen) atoms. The molecule has 5 N–H and O–H groups in total. The summed E-state index contributed by atoms with van der Waals surface area (Å²) in [7, 11) is 0. The second kappa shape index (κ2) is 5.58. The number of ether oxygens (including phenoxy) is 1. The molecule has 0 bridgehead atoms. The van der Waals surface area contributed by atoms with Gasteiger partial charge in [-0.05, 0) is 16.3 Å². The van der Waals surface area contributed by atoms with Crippen LogP contribution in [0.15, 0.2) is 42.5 Å². The van der Waals surface area contributed by atoms with Crippen LogP contribution in [0.1, 0.15) is 5.56 Å². The fourth-order valence-electron chi connectivity index (χ4n) is 2.98. The van der Waals surface area contributed by atoms with Crippen LogP contribution in [-0.2, 0) is 10.3 Å². The molecule has 1 fully saturated rings. The first-order valence-electron chi connectivity index (χ1n) is 7.01. The highest BCUT2D eigenvalue weighted by Gasteiger charge is 2.55. The van der Waals surface area contributed by atoms with Crippen molar-refractivity contribution in [1.29, 1.82) is 0 Å². The zero-order chi connectivity index (χ0) is 15.9. The van der Waals surface area contributed by atoms with Crippen molar-refractivity contribution >= 4 is 10.8 Å². The van der Waals surface area contributed by atoms with Crippen LogP contribution in [-0.4, -0.2) is 56.7 Å². The van der Waals surface area contributed by atoms with Crippen molar-refractivity contribution in [2.24, 2.45) is 0 Å². The predicted molar refractivity (Wildman–Crippen MR) is 77.8 cm³/mol. The Labute approximate surface area is 126 Å². The summed E-state index contributed by atoms with van der Waals surface area (Å²) in [5.41, 5.74) is -1.95. The van der Waals surface area contributed by atoms with Gasteiger partial charge in [-0.15, -0.1) is 0 Å². The third kappa shape index (κ3) is 2.13. The van der Waals surface area contributed by atoms with Crippen molar-refractivity contribution in [2.75, 3.05) is 6.61 Å². The van der Waals surface area contributed by atoms with Crippen molar-refractivity contribution in [2.45, 2.75) is 30.2 Å².